The van der Waals surface area contributed by atoms with E-state index < -0.39 is 6.04 Å². The van der Waals surface area contributed by atoms with Gasteiger partial charge in [0, 0.05) is 28.4 Å². The normalized spacial score (nSPS) is 12.8. The monoisotopic (exact) mass is 466 g/mol. The van der Waals surface area contributed by atoms with Crippen LogP contribution < -0.4 is 5.32 Å². The van der Waals surface area contributed by atoms with Crippen LogP contribution >= 0.6 is 35.0 Å². The molecule has 2 amide bonds. The number of benzene rings is 2. The Morgan fingerprint density at radius 1 is 1.07 bits per heavy atom. The molecule has 30 heavy (non-hydrogen) atoms. The lowest BCUT2D eigenvalue weighted by atomic mass is 10.1. The maximum Gasteiger partial charge on any atom is 0.242 e. The van der Waals surface area contributed by atoms with Gasteiger partial charge in [-0.3, -0.25) is 9.59 Å². The third-order valence-electron chi connectivity index (χ3n) is 4.88. The molecule has 0 aliphatic heterocycles. The summed E-state index contributed by atoms with van der Waals surface area (Å²) in [6.45, 7) is 6.08. The molecule has 0 spiro atoms. The predicted molar refractivity (Wildman–Crippen MR) is 127 cm³/mol. The second-order valence-electron chi connectivity index (χ2n) is 7.23. The summed E-state index contributed by atoms with van der Waals surface area (Å²) in [5, 5.41) is 4.30. The van der Waals surface area contributed by atoms with Gasteiger partial charge in [-0.15, -0.1) is 11.8 Å². The van der Waals surface area contributed by atoms with Gasteiger partial charge >= 0.3 is 0 Å². The number of halogens is 2. The molecule has 7 heteroatoms. The van der Waals surface area contributed by atoms with Crippen LogP contribution in [-0.4, -0.2) is 34.6 Å². The van der Waals surface area contributed by atoms with Gasteiger partial charge in [0.15, 0.2) is 0 Å². The first-order chi connectivity index (χ1) is 14.3. The van der Waals surface area contributed by atoms with Crippen molar-refractivity contribution in [1.29, 1.82) is 0 Å². The summed E-state index contributed by atoms with van der Waals surface area (Å²) in [5.74, 6) is 0.657. The highest BCUT2D eigenvalue weighted by atomic mass is 35.5. The molecule has 0 aliphatic rings. The molecule has 2 aromatic rings. The summed E-state index contributed by atoms with van der Waals surface area (Å²) in [6.07, 6.45) is 0.831. The molecule has 0 fully saturated rings. The SMILES string of the molecule is CC[C@H](C)NC(=O)[C@H](C)N(Cc1ccc(Cl)cc1)C(=O)CSCc1ccccc1Cl. The molecule has 1 N–H and O–H groups in total. The molecule has 0 radical (unpaired) electrons. The van der Waals surface area contributed by atoms with Crippen LogP contribution in [0.3, 0.4) is 0 Å². The van der Waals surface area contributed by atoms with E-state index >= 15 is 0 Å². The van der Waals surface area contributed by atoms with Crippen LogP contribution in [0.5, 0.6) is 0 Å². The zero-order valence-corrected chi connectivity index (χ0v) is 19.9. The van der Waals surface area contributed by atoms with Gasteiger partial charge in [0.2, 0.25) is 11.8 Å². The smallest absolute Gasteiger partial charge is 0.242 e. The van der Waals surface area contributed by atoms with E-state index in [0.29, 0.717) is 22.3 Å². The molecule has 0 saturated heterocycles. The van der Waals surface area contributed by atoms with Crippen molar-refractivity contribution < 1.29 is 9.59 Å². The largest absolute Gasteiger partial charge is 0.352 e. The third kappa shape index (κ3) is 7.53. The van der Waals surface area contributed by atoms with Gasteiger partial charge in [0.25, 0.3) is 0 Å². The van der Waals surface area contributed by atoms with Crippen molar-refractivity contribution >= 4 is 46.8 Å². The maximum absolute atomic E-state index is 13.1. The van der Waals surface area contributed by atoms with Crippen molar-refractivity contribution in [1.82, 2.24) is 10.2 Å². The lowest BCUT2D eigenvalue weighted by Gasteiger charge is -2.29. The Hall–Kier alpha value is -1.69. The molecule has 0 aliphatic carbocycles. The number of carbonyl (C=O) groups excluding carboxylic acids is 2. The van der Waals surface area contributed by atoms with Gasteiger partial charge in [-0.25, -0.2) is 0 Å². The molecular weight excluding hydrogens is 439 g/mol. The Balaban J connectivity index is 2.08. The van der Waals surface area contributed by atoms with E-state index in [-0.39, 0.29) is 23.6 Å². The first kappa shape index (κ1) is 24.6. The van der Waals surface area contributed by atoms with E-state index in [4.69, 9.17) is 23.2 Å². The number of nitrogens with zero attached hydrogens (tertiary/aromatic N) is 1. The summed E-state index contributed by atoms with van der Waals surface area (Å²) in [7, 11) is 0. The van der Waals surface area contributed by atoms with Crippen LogP contribution in [0, 0.1) is 0 Å². The van der Waals surface area contributed by atoms with E-state index in [9.17, 15) is 9.59 Å². The Labute approximate surface area is 193 Å². The molecule has 162 valence electrons. The average molecular weight is 467 g/mol. The van der Waals surface area contributed by atoms with Crippen molar-refractivity contribution in [2.45, 2.75) is 51.6 Å². The highest BCUT2D eigenvalue weighted by Gasteiger charge is 2.26. The van der Waals surface area contributed by atoms with Gasteiger partial charge in [0.1, 0.15) is 6.04 Å². The molecule has 2 aromatic carbocycles. The van der Waals surface area contributed by atoms with Crippen LogP contribution in [0.25, 0.3) is 0 Å². The quantitative estimate of drug-likeness (QED) is 0.498. The summed E-state index contributed by atoms with van der Waals surface area (Å²) in [4.78, 5) is 27.4. The van der Waals surface area contributed by atoms with Crippen molar-refractivity contribution in [3.05, 3.63) is 69.7 Å². The molecular formula is C23H28Cl2N2O2S. The van der Waals surface area contributed by atoms with Crippen LogP contribution in [0.15, 0.2) is 48.5 Å². The molecule has 4 nitrogen and oxygen atoms in total. The molecule has 0 bridgehead atoms. The average Bonchev–Trinajstić information content (AvgIpc) is 2.73. The fraction of sp³-hybridized carbons (Fsp3) is 0.391. The first-order valence-electron chi connectivity index (χ1n) is 9.97. The second kappa shape index (κ2) is 12.2. The first-order valence-corrected chi connectivity index (χ1v) is 11.9. The molecule has 0 saturated carbocycles. The molecule has 0 aromatic heterocycles. The summed E-state index contributed by atoms with van der Waals surface area (Å²) >= 11 is 13.7. The summed E-state index contributed by atoms with van der Waals surface area (Å²) in [6, 6.07) is 14.4. The molecule has 0 heterocycles. The Bertz CT molecular complexity index is 845. The van der Waals surface area contributed by atoms with Crippen LogP contribution in [0.1, 0.15) is 38.3 Å². The number of hydrogen-bond donors (Lipinski definition) is 1. The Kier molecular flexibility index (Phi) is 10.0. The number of hydrogen-bond acceptors (Lipinski definition) is 3. The fourth-order valence-corrected chi connectivity index (χ4v) is 4.10. The fourth-order valence-electron chi connectivity index (χ4n) is 2.78. The van der Waals surface area contributed by atoms with Gasteiger partial charge in [-0.1, -0.05) is 60.5 Å². The lowest BCUT2D eigenvalue weighted by Crippen LogP contribution is -2.50. The van der Waals surface area contributed by atoms with Crippen molar-refractivity contribution in [3.63, 3.8) is 0 Å². The van der Waals surface area contributed by atoms with Gasteiger partial charge in [-0.2, -0.15) is 0 Å². The number of rotatable bonds is 10. The predicted octanol–water partition coefficient (Wildman–Crippen LogP) is 5.56. The number of nitrogens with one attached hydrogen (secondary N) is 1. The molecule has 0 unspecified atom stereocenters. The minimum Gasteiger partial charge on any atom is -0.352 e. The van der Waals surface area contributed by atoms with Crippen molar-refractivity contribution in [3.8, 4) is 0 Å². The number of amides is 2. The third-order valence-corrected chi connectivity index (χ3v) is 6.46. The highest BCUT2D eigenvalue weighted by Crippen LogP contribution is 2.22. The van der Waals surface area contributed by atoms with Gasteiger partial charge < -0.3 is 10.2 Å². The number of carbonyl (C=O) groups is 2. The standard InChI is InChI=1S/C23H28Cl2N2O2S/c1-4-16(2)26-23(29)17(3)27(13-18-9-11-20(24)12-10-18)22(28)15-30-14-19-7-5-6-8-21(19)25/h5-12,16-17H,4,13-15H2,1-3H3,(H,26,29)/t16-,17-/m0/s1. The molecule has 2 atom stereocenters. The summed E-state index contributed by atoms with van der Waals surface area (Å²) in [5.41, 5.74) is 1.91. The van der Waals surface area contributed by atoms with E-state index in [1.165, 1.54) is 11.8 Å². The van der Waals surface area contributed by atoms with Crippen molar-refractivity contribution in [2.75, 3.05) is 5.75 Å². The van der Waals surface area contributed by atoms with Gasteiger partial charge in [-0.05, 0) is 49.6 Å². The minimum atomic E-state index is -0.580. The Morgan fingerprint density at radius 2 is 1.73 bits per heavy atom. The van der Waals surface area contributed by atoms with E-state index in [2.05, 4.69) is 5.32 Å². The van der Waals surface area contributed by atoms with E-state index in [1.54, 1.807) is 24.0 Å². The van der Waals surface area contributed by atoms with Crippen LogP contribution in [-0.2, 0) is 21.9 Å². The highest BCUT2D eigenvalue weighted by molar-refractivity contribution is 7.99. The van der Waals surface area contributed by atoms with Crippen LogP contribution in [0.4, 0.5) is 0 Å². The van der Waals surface area contributed by atoms with Gasteiger partial charge in [0.05, 0.1) is 5.75 Å². The topological polar surface area (TPSA) is 49.4 Å². The van der Waals surface area contributed by atoms with Crippen molar-refractivity contribution in [2.24, 2.45) is 0 Å². The minimum absolute atomic E-state index is 0.0574. The zero-order valence-electron chi connectivity index (χ0n) is 17.5. The van der Waals surface area contributed by atoms with E-state index in [1.807, 2.05) is 50.2 Å². The number of thioether (sulfide) groups is 1. The van der Waals surface area contributed by atoms with E-state index in [0.717, 1.165) is 17.5 Å². The lowest BCUT2D eigenvalue weighted by molar-refractivity contribution is -0.138. The summed E-state index contributed by atoms with van der Waals surface area (Å²) < 4.78 is 0. The zero-order chi connectivity index (χ0) is 22.1. The molecule has 2 rings (SSSR count). The maximum atomic E-state index is 13.1. The second-order valence-corrected chi connectivity index (χ2v) is 9.06. The van der Waals surface area contributed by atoms with Crippen LogP contribution in [0.2, 0.25) is 10.0 Å². The Morgan fingerprint density at radius 3 is 2.37 bits per heavy atom.